The number of hydrogen-bond donors (Lipinski definition) is 0. The number of oxime groups is 1. The molecule has 1 aliphatic heterocycles. The first-order valence-electron chi connectivity index (χ1n) is 10.1. The quantitative estimate of drug-likeness (QED) is 0.517. The molecule has 2 aromatic carbocycles. The van der Waals surface area contributed by atoms with E-state index in [0.29, 0.717) is 24.0 Å². The number of pyridine rings is 1. The van der Waals surface area contributed by atoms with E-state index in [0.717, 1.165) is 5.71 Å². The van der Waals surface area contributed by atoms with Crippen LogP contribution in [0.4, 0.5) is 8.78 Å². The standard InChI is InChI=1S/C23H21F2N3O3S/c24-19-7-3-17(4-8-19)23(18-5-9-20(25)10-6-18)31-27-21-11-14-28(15-12-21)32(29,30)22-2-1-13-26-16-22/h1-10,13,16,23H,11-12,14-15H2. The third-order valence-electron chi connectivity index (χ3n) is 5.20. The van der Waals surface area contributed by atoms with Gasteiger partial charge in [-0.1, -0.05) is 29.4 Å². The van der Waals surface area contributed by atoms with Crippen LogP contribution in [0.2, 0.25) is 0 Å². The average Bonchev–Trinajstić information content (AvgIpc) is 2.82. The zero-order chi connectivity index (χ0) is 22.6. The summed E-state index contributed by atoms with van der Waals surface area (Å²) in [6.45, 7) is 0.550. The molecule has 0 unspecified atom stereocenters. The van der Waals surface area contributed by atoms with Gasteiger partial charge in [-0.25, -0.2) is 17.2 Å². The molecule has 6 nitrogen and oxygen atoms in total. The summed E-state index contributed by atoms with van der Waals surface area (Å²) in [6, 6.07) is 14.8. The smallest absolute Gasteiger partial charge is 0.244 e. The lowest BCUT2D eigenvalue weighted by Gasteiger charge is -2.27. The number of nitrogens with zero attached hydrogens (tertiary/aromatic N) is 3. The maximum absolute atomic E-state index is 13.4. The van der Waals surface area contributed by atoms with Gasteiger partial charge in [-0.05, 0) is 47.5 Å². The molecule has 1 aromatic heterocycles. The fourth-order valence-corrected chi connectivity index (χ4v) is 4.85. The van der Waals surface area contributed by atoms with Crippen molar-refractivity contribution in [3.05, 3.63) is 95.8 Å². The highest BCUT2D eigenvalue weighted by molar-refractivity contribution is 7.89. The van der Waals surface area contributed by atoms with Gasteiger partial charge in [0, 0.05) is 38.3 Å². The van der Waals surface area contributed by atoms with Crippen molar-refractivity contribution in [1.29, 1.82) is 0 Å². The molecule has 1 aliphatic rings. The van der Waals surface area contributed by atoms with Crippen molar-refractivity contribution in [1.82, 2.24) is 9.29 Å². The lowest BCUT2D eigenvalue weighted by atomic mass is 10.0. The van der Waals surface area contributed by atoms with Gasteiger partial charge in [0.1, 0.15) is 16.5 Å². The second-order valence-corrected chi connectivity index (χ2v) is 9.28. The lowest BCUT2D eigenvalue weighted by molar-refractivity contribution is 0.0855. The van der Waals surface area contributed by atoms with Crippen molar-refractivity contribution in [2.24, 2.45) is 5.16 Å². The summed E-state index contributed by atoms with van der Waals surface area (Å²) in [7, 11) is -3.61. The second kappa shape index (κ2) is 9.54. The van der Waals surface area contributed by atoms with Crippen molar-refractivity contribution < 1.29 is 22.0 Å². The Morgan fingerprint density at radius 2 is 1.47 bits per heavy atom. The maximum atomic E-state index is 13.4. The topological polar surface area (TPSA) is 71.9 Å². The van der Waals surface area contributed by atoms with Gasteiger partial charge < -0.3 is 4.84 Å². The van der Waals surface area contributed by atoms with Crippen molar-refractivity contribution in [3.63, 3.8) is 0 Å². The highest BCUT2D eigenvalue weighted by Gasteiger charge is 2.28. The first-order valence-corrected chi connectivity index (χ1v) is 11.5. The minimum absolute atomic E-state index is 0.157. The zero-order valence-electron chi connectivity index (χ0n) is 17.1. The summed E-state index contributed by atoms with van der Waals surface area (Å²) in [5, 5.41) is 4.27. The molecule has 0 N–H and O–H groups in total. The summed E-state index contributed by atoms with van der Waals surface area (Å²) in [6.07, 6.45) is 3.03. The first-order chi connectivity index (χ1) is 15.4. The molecule has 1 saturated heterocycles. The SMILES string of the molecule is O=S(=O)(c1cccnc1)N1CCC(=NOC(c2ccc(F)cc2)c2ccc(F)cc2)CC1. The van der Waals surface area contributed by atoms with Crippen molar-refractivity contribution >= 4 is 15.7 Å². The van der Waals surface area contributed by atoms with Crippen LogP contribution in [0.1, 0.15) is 30.1 Å². The summed E-state index contributed by atoms with van der Waals surface area (Å²) in [4.78, 5) is 9.84. The molecule has 3 aromatic rings. The first kappa shape index (κ1) is 22.0. The summed E-state index contributed by atoms with van der Waals surface area (Å²) >= 11 is 0. The Kier molecular flexibility index (Phi) is 6.57. The van der Waals surface area contributed by atoms with E-state index in [1.165, 1.54) is 47.0 Å². The second-order valence-electron chi connectivity index (χ2n) is 7.34. The van der Waals surface area contributed by atoms with E-state index in [4.69, 9.17) is 4.84 Å². The minimum Gasteiger partial charge on any atom is -0.383 e. The number of aromatic nitrogens is 1. The molecule has 9 heteroatoms. The van der Waals surface area contributed by atoms with Crippen LogP contribution in [-0.2, 0) is 14.9 Å². The van der Waals surface area contributed by atoms with E-state index in [1.807, 2.05) is 0 Å². The van der Waals surface area contributed by atoms with Gasteiger partial charge in [0.25, 0.3) is 0 Å². The molecular formula is C23H21F2N3O3S. The lowest BCUT2D eigenvalue weighted by Crippen LogP contribution is -2.38. The molecule has 0 bridgehead atoms. The molecule has 0 atom stereocenters. The maximum Gasteiger partial charge on any atom is 0.244 e. The third-order valence-corrected chi connectivity index (χ3v) is 7.09. The summed E-state index contributed by atoms with van der Waals surface area (Å²) in [5.74, 6) is -0.750. The molecule has 0 spiro atoms. The predicted molar refractivity (Wildman–Crippen MR) is 115 cm³/mol. The molecule has 0 amide bonds. The number of hydrogen-bond acceptors (Lipinski definition) is 5. The van der Waals surface area contributed by atoms with Gasteiger partial charge in [-0.3, -0.25) is 4.98 Å². The number of rotatable bonds is 6. The average molecular weight is 458 g/mol. The van der Waals surface area contributed by atoms with Gasteiger partial charge in [0.05, 0.1) is 5.71 Å². The Morgan fingerprint density at radius 3 is 1.97 bits per heavy atom. The molecule has 4 rings (SSSR count). The van der Waals surface area contributed by atoms with E-state index in [1.54, 1.807) is 30.3 Å². The highest BCUT2D eigenvalue weighted by atomic mass is 32.2. The van der Waals surface area contributed by atoms with Gasteiger partial charge in [0.15, 0.2) is 6.10 Å². The molecule has 32 heavy (non-hydrogen) atoms. The molecule has 0 radical (unpaired) electrons. The van der Waals surface area contributed by atoms with Gasteiger partial charge in [-0.15, -0.1) is 0 Å². The Morgan fingerprint density at radius 1 is 0.906 bits per heavy atom. The van der Waals surface area contributed by atoms with E-state index < -0.39 is 16.1 Å². The van der Waals surface area contributed by atoms with Crippen LogP contribution in [-0.4, -0.2) is 36.5 Å². The normalized spacial score (nSPS) is 15.0. The van der Waals surface area contributed by atoms with Crippen LogP contribution < -0.4 is 0 Å². The van der Waals surface area contributed by atoms with Crippen LogP contribution in [0.5, 0.6) is 0 Å². The Bertz CT molecular complexity index is 1130. The molecular weight excluding hydrogens is 436 g/mol. The monoisotopic (exact) mass is 457 g/mol. The van der Waals surface area contributed by atoms with Crippen LogP contribution in [0.15, 0.2) is 83.1 Å². The van der Waals surface area contributed by atoms with Gasteiger partial charge in [0.2, 0.25) is 10.0 Å². The zero-order valence-corrected chi connectivity index (χ0v) is 17.9. The number of piperidine rings is 1. The van der Waals surface area contributed by atoms with Gasteiger partial charge >= 0.3 is 0 Å². The highest BCUT2D eigenvalue weighted by Crippen LogP contribution is 2.28. The fourth-order valence-electron chi connectivity index (χ4n) is 3.44. The largest absolute Gasteiger partial charge is 0.383 e. The van der Waals surface area contributed by atoms with Crippen molar-refractivity contribution in [2.75, 3.05) is 13.1 Å². The molecule has 0 saturated carbocycles. The molecule has 1 fully saturated rings. The Balaban J connectivity index is 1.48. The number of benzene rings is 2. The van der Waals surface area contributed by atoms with Crippen LogP contribution in [0.25, 0.3) is 0 Å². The van der Waals surface area contributed by atoms with Crippen LogP contribution in [0, 0.1) is 11.6 Å². The van der Waals surface area contributed by atoms with Crippen molar-refractivity contribution in [3.8, 4) is 0 Å². The summed E-state index contributed by atoms with van der Waals surface area (Å²) < 4.78 is 53.6. The Labute approximate surface area is 185 Å². The van der Waals surface area contributed by atoms with E-state index in [-0.39, 0.29) is 29.6 Å². The van der Waals surface area contributed by atoms with E-state index in [9.17, 15) is 17.2 Å². The molecule has 2 heterocycles. The molecule has 0 aliphatic carbocycles. The third kappa shape index (κ3) is 5.00. The Hall–Kier alpha value is -3.17. The fraction of sp³-hybridized carbons (Fsp3) is 0.217. The van der Waals surface area contributed by atoms with Crippen molar-refractivity contribution in [2.45, 2.75) is 23.8 Å². The minimum atomic E-state index is -3.61. The summed E-state index contributed by atoms with van der Waals surface area (Å²) in [5.41, 5.74) is 2.05. The van der Waals surface area contributed by atoms with Crippen LogP contribution in [0.3, 0.4) is 0 Å². The number of sulfonamides is 1. The molecule has 166 valence electrons. The number of halogens is 2. The van der Waals surface area contributed by atoms with Crippen LogP contribution >= 0.6 is 0 Å². The van der Waals surface area contributed by atoms with Gasteiger partial charge in [-0.2, -0.15) is 4.31 Å². The predicted octanol–water partition coefficient (Wildman–Crippen LogP) is 4.31. The van der Waals surface area contributed by atoms with E-state index >= 15 is 0 Å². The van der Waals surface area contributed by atoms with E-state index in [2.05, 4.69) is 10.1 Å².